The molecule has 0 radical (unpaired) electrons. The first-order valence-electron chi connectivity index (χ1n) is 6.56. The van der Waals surface area contributed by atoms with Crippen molar-refractivity contribution < 1.29 is 14.6 Å². The number of rotatable bonds is 5. The lowest BCUT2D eigenvalue weighted by molar-refractivity contribution is 0.210. The van der Waals surface area contributed by atoms with E-state index in [9.17, 15) is 5.11 Å². The van der Waals surface area contributed by atoms with Gasteiger partial charge in [0, 0.05) is 6.07 Å². The van der Waals surface area contributed by atoms with Crippen molar-refractivity contribution in [2.24, 2.45) is 0 Å². The van der Waals surface area contributed by atoms with Gasteiger partial charge in [-0.3, -0.25) is 0 Å². The fraction of sp³-hybridized carbons (Fsp3) is 0.312. The number of aliphatic hydroxyl groups is 1. The van der Waals surface area contributed by atoms with Crippen molar-refractivity contribution in [1.82, 2.24) is 4.98 Å². The van der Waals surface area contributed by atoms with Crippen LogP contribution in [0.2, 0.25) is 0 Å². The number of ether oxygens (including phenoxy) is 2. The van der Waals surface area contributed by atoms with Crippen LogP contribution in [0.3, 0.4) is 0 Å². The summed E-state index contributed by atoms with van der Waals surface area (Å²) in [5.74, 6) is 1.22. The van der Waals surface area contributed by atoms with Crippen LogP contribution in [0.4, 0.5) is 0 Å². The van der Waals surface area contributed by atoms with Crippen LogP contribution in [0.15, 0.2) is 42.5 Å². The second-order valence-corrected chi connectivity index (χ2v) is 4.75. The van der Waals surface area contributed by atoms with E-state index in [0.717, 1.165) is 11.3 Å². The maximum absolute atomic E-state index is 10.4. The lowest BCUT2D eigenvalue weighted by Gasteiger charge is -2.14. The van der Waals surface area contributed by atoms with Gasteiger partial charge in [-0.25, -0.2) is 4.98 Å². The van der Waals surface area contributed by atoms with Gasteiger partial charge in [-0.1, -0.05) is 18.2 Å². The van der Waals surface area contributed by atoms with Crippen LogP contribution in [-0.4, -0.2) is 23.3 Å². The Balaban J connectivity index is 2.25. The average molecular weight is 273 g/mol. The largest absolute Gasteiger partial charge is 0.491 e. The van der Waals surface area contributed by atoms with Gasteiger partial charge in [0.1, 0.15) is 11.9 Å². The van der Waals surface area contributed by atoms with E-state index < -0.39 is 6.10 Å². The van der Waals surface area contributed by atoms with Gasteiger partial charge >= 0.3 is 0 Å². The second-order valence-electron chi connectivity index (χ2n) is 4.75. The SMILES string of the molecule is COc1cccc(C(O)c2cccc(OC(C)C)c2)n1. The topological polar surface area (TPSA) is 51.6 Å². The third-order valence-electron chi connectivity index (χ3n) is 2.78. The Morgan fingerprint density at radius 1 is 1.10 bits per heavy atom. The van der Waals surface area contributed by atoms with Crippen LogP contribution in [0, 0.1) is 0 Å². The summed E-state index contributed by atoms with van der Waals surface area (Å²) >= 11 is 0. The molecule has 20 heavy (non-hydrogen) atoms. The summed E-state index contributed by atoms with van der Waals surface area (Å²) in [6, 6.07) is 12.7. The predicted octanol–water partition coefficient (Wildman–Crippen LogP) is 2.96. The molecule has 2 aromatic rings. The van der Waals surface area contributed by atoms with Crippen molar-refractivity contribution in [2.75, 3.05) is 7.11 Å². The zero-order valence-electron chi connectivity index (χ0n) is 11.9. The Hall–Kier alpha value is -2.07. The first kappa shape index (κ1) is 14.3. The quantitative estimate of drug-likeness (QED) is 0.910. The van der Waals surface area contributed by atoms with Crippen LogP contribution in [0.5, 0.6) is 11.6 Å². The van der Waals surface area contributed by atoms with Crippen molar-refractivity contribution in [3.05, 3.63) is 53.7 Å². The highest BCUT2D eigenvalue weighted by Crippen LogP contribution is 2.25. The Bertz CT molecular complexity index is 569. The monoisotopic (exact) mass is 273 g/mol. The van der Waals surface area contributed by atoms with E-state index in [1.165, 1.54) is 0 Å². The summed E-state index contributed by atoms with van der Waals surface area (Å²) in [5.41, 5.74) is 1.29. The molecule has 0 aliphatic rings. The number of hydrogen-bond acceptors (Lipinski definition) is 4. The molecule has 0 aliphatic carbocycles. The molecule has 4 nitrogen and oxygen atoms in total. The second kappa shape index (κ2) is 6.39. The summed E-state index contributed by atoms with van der Waals surface area (Å²) < 4.78 is 10.7. The van der Waals surface area contributed by atoms with Gasteiger partial charge < -0.3 is 14.6 Å². The molecule has 1 unspecified atom stereocenters. The van der Waals surface area contributed by atoms with Crippen molar-refractivity contribution in [2.45, 2.75) is 26.1 Å². The zero-order chi connectivity index (χ0) is 14.5. The normalized spacial score (nSPS) is 12.2. The Morgan fingerprint density at radius 2 is 1.85 bits per heavy atom. The van der Waals surface area contributed by atoms with Crippen LogP contribution in [-0.2, 0) is 0 Å². The molecular formula is C16H19NO3. The van der Waals surface area contributed by atoms with Crippen LogP contribution >= 0.6 is 0 Å². The molecule has 0 aliphatic heterocycles. The lowest BCUT2D eigenvalue weighted by atomic mass is 10.1. The maximum Gasteiger partial charge on any atom is 0.213 e. The van der Waals surface area contributed by atoms with Gasteiger partial charge in [0.15, 0.2) is 0 Å². The number of nitrogens with zero attached hydrogens (tertiary/aromatic N) is 1. The maximum atomic E-state index is 10.4. The first-order chi connectivity index (χ1) is 9.60. The van der Waals surface area contributed by atoms with Gasteiger partial charge in [0.2, 0.25) is 5.88 Å². The molecule has 0 saturated heterocycles. The number of benzene rings is 1. The number of pyridine rings is 1. The van der Waals surface area contributed by atoms with Crippen molar-refractivity contribution in [3.63, 3.8) is 0 Å². The minimum absolute atomic E-state index is 0.0948. The highest BCUT2D eigenvalue weighted by Gasteiger charge is 2.13. The molecule has 0 amide bonds. The summed E-state index contributed by atoms with van der Waals surface area (Å²) in [7, 11) is 1.55. The minimum Gasteiger partial charge on any atom is -0.491 e. The lowest BCUT2D eigenvalue weighted by Crippen LogP contribution is -2.07. The van der Waals surface area contributed by atoms with E-state index in [4.69, 9.17) is 9.47 Å². The molecule has 0 bridgehead atoms. The Kier molecular flexibility index (Phi) is 4.58. The summed E-state index contributed by atoms with van der Waals surface area (Å²) in [5, 5.41) is 10.4. The number of aromatic nitrogens is 1. The molecule has 2 rings (SSSR count). The van der Waals surface area contributed by atoms with Gasteiger partial charge in [0.05, 0.1) is 18.9 Å². The van der Waals surface area contributed by atoms with Crippen molar-refractivity contribution in [1.29, 1.82) is 0 Å². The van der Waals surface area contributed by atoms with E-state index in [0.29, 0.717) is 11.6 Å². The summed E-state index contributed by atoms with van der Waals surface area (Å²) in [6.45, 7) is 3.93. The molecule has 1 aromatic heterocycles. The van der Waals surface area contributed by atoms with E-state index in [2.05, 4.69) is 4.98 Å². The average Bonchev–Trinajstić information content (AvgIpc) is 2.46. The van der Waals surface area contributed by atoms with Gasteiger partial charge in [-0.05, 0) is 37.6 Å². The van der Waals surface area contributed by atoms with Gasteiger partial charge in [-0.15, -0.1) is 0 Å². The van der Waals surface area contributed by atoms with E-state index in [-0.39, 0.29) is 6.10 Å². The van der Waals surface area contributed by atoms with Crippen LogP contribution in [0.25, 0.3) is 0 Å². The third-order valence-corrected chi connectivity index (χ3v) is 2.78. The molecule has 1 atom stereocenters. The molecule has 1 heterocycles. The standard InChI is InChI=1S/C16H19NO3/c1-11(2)20-13-7-4-6-12(10-13)16(18)14-8-5-9-15(17-14)19-3/h4-11,16,18H,1-3H3. The van der Waals surface area contributed by atoms with Crippen LogP contribution in [0.1, 0.15) is 31.2 Å². The van der Waals surface area contributed by atoms with Gasteiger partial charge in [-0.2, -0.15) is 0 Å². The van der Waals surface area contributed by atoms with Crippen LogP contribution < -0.4 is 9.47 Å². The molecule has 0 fully saturated rings. The Morgan fingerprint density at radius 3 is 2.55 bits per heavy atom. The smallest absolute Gasteiger partial charge is 0.213 e. The van der Waals surface area contributed by atoms with E-state index >= 15 is 0 Å². The molecular weight excluding hydrogens is 254 g/mol. The summed E-state index contributed by atoms with van der Waals surface area (Å²) in [6.07, 6.45) is -0.710. The Labute approximate surface area is 119 Å². The minimum atomic E-state index is -0.805. The van der Waals surface area contributed by atoms with Crippen molar-refractivity contribution in [3.8, 4) is 11.6 Å². The highest BCUT2D eigenvalue weighted by molar-refractivity contribution is 5.34. The van der Waals surface area contributed by atoms with E-state index in [1.54, 1.807) is 25.3 Å². The highest BCUT2D eigenvalue weighted by atomic mass is 16.5. The molecule has 0 saturated carbocycles. The fourth-order valence-electron chi connectivity index (χ4n) is 1.90. The molecule has 0 spiro atoms. The number of hydrogen-bond donors (Lipinski definition) is 1. The summed E-state index contributed by atoms with van der Waals surface area (Å²) in [4.78, 5) is 4.25. The number of methoxy groups -OCH3 is 1. The van der Waals surface area contributed by atoms with Crippen molar-refractivity contribution >= 4 is 0 Å². The molecule has 106 valence electrons. The molecule has 4 heteroatoms. The predicted molar refractivity (Wildman–Crippen MR) is 77.1 cm³/mol. The first-order valence-corrected chi connectivity index (χ1v) is 6.56. The fourth-order valence-corrected chi connectivity index (χ4v) is 1.90. The van der Waals surface area contributed by atoms with E-state index in [1.807, 2.05) is 38.1 Å². The number of aliphatic hydroxyl groups excluding tert-OH is 1. The molecule has 1 N–H and O–H groups in total. The zero-order valence-corrected chi connectivity index (χ0v) is 11.9. The van der Waals surface area contributed by atoms with Gasteiger partial charge in [0.25, 0.3) is 0 Å². The molecule has 1 aromatic carbocycles. The third kappa shape index (κ3) is 3.48.